The highest BCUT2D eigenvalue weighted by Crippen LogP contribution is 2.31. The van der Waals surface area contributed by atoms with Gasteiger partial charge in [0, 0.05) is 0 Å². The topological polar surface area (TPSA) is 0 Å². The molecule has 0 saturated carbocycles. The van der Waals surface area contributed by atoms with E-state index in [1.807, 2.05) is 0 Å². The molecule has 0 bridgehead atoms. The fraction of sp³-hybridized carbons (Fsp3) is 0. The Labute approximate surface area is 200 Å². The SMILES string of the molecule is c1ccc(-c2ccc(-c3cccc(-c4ccc(-c5ccc6ccccc6c5)cc4)c3)cc2)cc1. The van der Waals surface area contributed by atoms with Gasteiger partial charge < -0.3 is 0 Å². The molecule has 160 valence electrons. The highest BCUT2D eigenvalue weighted by atomic mass is 14.1. The van der Waals surface area contributed by atoms with Crippen molar-refractivity contribution in [1.29, 1.82) is 0 Å². The van der Waals surface area contributed by atoms with Crippen molar-refractivity contribution in [2.45, 2.75) is 0 Å². The van der Waals surface area contributed by atoms with Crippen LogP contribution in [0.15, 0.2) is 146 Å². The summed E-state index contributed by atoms with van der Waals surface area (Å²) in [5.74, 6) is 0. The first-order chi connectivity index (χ1) is 16.8. The Hall–Kier alpha value is -4.42. The van der Waals surface area contributed by atoms with Gasteiger partial charge in [-0.2, -0.15) is 0 Å². The summed E-state index contributed by atoms with van der Waals surface area (Å²) in [7, 11) is 0. The van der Waals surface area contributed by atoms with Gasteiger partial charge in [0.2, 0.25) is 0 Å². The van der Waals surface area contributed by atoms with Crippen molar-refractivity contribution in [3.63, 3.8) is 0 Å². The van der Waals surface area contributed by atoms with Crippen molar-refractivity contribution in [1.82, 2.24) is 0 Å². The minimum absolute atomic E-state index is 1.23. The average molecular weight is 433 g/mol. The van der Waals surface area contributed by atoms with E-state index in [1.54, 1.807) is 0 Å². The molecular weight excluding hydrogens is 408 g/mol. The van der Waals surface area contributed by atoms with Crippen LogP contribution in [0.2, 0.25) is 0 Å². The second-order valence-corrected chi connectivity index (χ2v) is 8.66. The quantitative estimate of drug-likeness (QED) is 0.260. The Morgan fingerprint density at radius 2 is 0.588 bits per heavy atom. The molecule has 6 aromatic rings. The summed E-state index contributed by atoms with van der Waals surface area (Å²) in [5, 5.41) is 2.55. The lowest BCUT2D eigenvalue weighted by Gasteiger charge is -2.09. The Morgan fingerprint density at radius 1 is 0.206 bits per heavy atom. The zero-order chi connectivity index (χ0) is 22.7. The normalized spacial score (nSPS) is 10.9. The summed E-state index contributed by atoms with van der Waals surface area (Å²) in [5.41, 5.74) is 9.89. The van der Waals surface area contributed by atoms with Crippen LogP contribution in [-0.4, -0.2) is 0 Å². The molecule has 0 nitrogen and oxygen atoms in total. The third kappa shape index (κ3) is 4.02. The van der Waals surface area contributed by atoms with E-state index in [9.17, 15) is 0 Å². The van der Waals surface area contributed by atoms with Gasteiger partial charge in [0.15, 0.2) is 0 Å². The van der Waals surface area contributed by atoms with Crippen LogP contribution in [0.1, 0.15) is 0 Å². The molecule has 0 N–H and O–H groups in total. The fourth-order valence-corrected chi connectivity index (χ4v) is 4.59. The third-order valence-electron chi connectivity index (χ3n) is 6.49. The van der Waals surface area contributed by atoms with Gasteiger partial charge in [-0.1, -0.05) is 133 Å². The summed E-state index contributed by atoms with van der Waals surface area (Å²) in [6.07, 6.45) is 0. The molecule has 0 aliphatic carbocycles. The standard InChI is InChI=1S/C34H24/c1-2-7-25(8-3-1)27-13-15-28(16-14-27)32-11-6-12-33(23-32)29-17-19-30(20-18-29)34-22-21-26-9-4-5-10-31(26)24-34/h1-24H. The summed E-state index contributed by atoms with van der Waals surface area (Å²) in [6, 6.07) is 52.2. The molecule has 0 heteroatoms. The Kier molecular flexibility index (Phi) is 5.26. The Balaban J connectivity index is 1.27. The van der Waals surface area contributed by atoms with Gasteiger partial charge in [-0.05, 0) is 67.4 Å². The number of hydrogen-bond donors (Lipinski definition) is 0. The fourth-order valence-electron chi connectivity index (χ4n) is 4.59. The molecule has 0 unspecified atom stereocenters. The van der Waals surface area contributed by atoms with Gasteiger partial charge in [0.1, 0.15) is 0 Å². The molecule has 0 radical (unpaired) electrons. The van der Waals surface area contributed by atoms with Crippen molar-refractivity contribution in [2.24, 2.45) is 0 Å². The van der Waals surface area contributed by atoms with Crippen molar-refractivity contribution in [2.75, 3.05) is 0 Å². The third-order valence-corrected chi connectivity index (χ3v) is 6.49. The zero-order valence-corrected chi connectivity index (χ0v) is 18.9. The average Bonchev–Trinajstić information content (AvgIpc) is 2.93. The second kappa shape index (κ2) is 8.84. The van der Waals surface area contributed by atoms with Crippen molar-refractivity contribution in [3.8, 4) is 44.5 Å². The van der Waals surface area contributed by atoms with E-state index in [0.717, 1.165) is 0 Å². The Bertz CT molecular complexity index is 1560. The predicted octanol–water partition coefficient (Wildman–Crippen LogP) is 9.51. The van der Waals surface area contributed by atoms with Crippen molar-refractivity contribution < 1.29 is 0 Å². The van der Waals surface area contributed by atoms with Crippen LogP contribution in [-0.2, 0) is 0 Å². The molecule has 0 atom stereocenters. The number of fused-ring (bicyclic) bond motifs is 1. The first kappa shape index (κ1) is 20.2. The van der Waals surface area contributed by atoms with Crippen LogP contribution in [0.3, 0.4) is 0 Å². The second-order valence-electron chi connectivity index (χ2n) is 8.66. The van der Waals surface area contributed by atoms with E-state index in [0.29, 0.717) is 0 Å². The molecule has 0 aromatic heterocycles. The molecule has 0 amide bonds. The maximum atomic E-state index is 2.28. The molecule has 6 aromatic carbocycles. The first-order valence-corrected chi connectivity index (χ1v) is 11.7. The van der Waals surface area contributed by atoms with Crippen LogP contribution in [0.4, 0.5) is 0 Å². The lowest BCUT2D eigenvalue weighted by atomic mass is 9.95. The van der Waals surface area contributed by atoms with Gasteiger partial charge >= 0.3 is 0 Å². The number of benzene rings is 6. The monoisotopic (exact) mass is 432 g/mol. The molecule has 6 rings (SSSR count). The molecule has 0 fully saturated rings. The van der Waals surface area contributed by atoms with Gasteiger partial charge in [0.05, 0.1) is 0 Å². The molecule has 0 aliphatic rings. The highest BCUT2D eigenvalue weighted by Gasteiger charge is 2.05. The maximum Gasteiger partial charge on any atom is -0.0178 e. The van der Waals surface area contributed by atoms with E-state index in [-0.39, 0.29) is 0 Å². The first-order valence-electron chi connectivity index (χ1n) is 11.7. The summed E-state index contributed by atoms with van der Waals surface area (Å²) >= 11 is 0. The number of rotatable bonds is 4. The molecule has 34 heavy (non-hydrogen) atoms. The molecular formula is C34H24. The van der Waals surface area contributed by atoms with E-state index in [1.165, 1.54) is 55.3 Å². The summed E-state index contributed by atoms with van der Waals surface area (Å²) in [6.45, 7) is 0. The van der Waals surface area contributed by atoms with Gasteiger partial charge in [-0.15, -0.1) is 0 Å². The molecule has 0 heterocycles. The van der Waals surface area contributed by atoms with Crippen LogP contribution in [0, 0.1) is 0 Å². The van der Waals surface area contributed by atoms with Crippen LogP contribution in [0.25, 0.3) is 55.3 Å². The van der Waals surface area contributed by atoms with E-state index >= 15 is 0 Å². The highest BCUT2D eigenvalue weighted by molar-refractivity contribution is 5.87. The van der Waals surface area contributed by atoms with Gasteiger partial charge in [-0.3, -0.25) is 0 Å². The van der Waals surface area contributed by atoms with Crippen molar-refractivity contribution >= 4 is 10.8 Å². The molecule has 0 saturated heterocycles. The van der Waals surface area contributed by atoms with E-state index < -0.39 is 0 Å². The van der Waals surface area contributed by atoms with Gasteiger partial charge in [0.25, 0.3) is 0 Å². The van der Waals surface area contributed by atoms with E-state index in [4.69, 9.17) is 0 Å². The predicted molar refractivity (Wildman–Crippen MR) is 146 cm³/mol. The lowest BCUT2D eigenvalue weighted by molar-refractivity contribution is 1.57. The largest absolute Gasteiger partial charge is 0.0622 e. The summed E-state index contributed by atoms with van der Waals surface area (Å²) in [4.78, 5) is 0. The van der Waals surface area contributed by atoms with Crippen LogP contribution in [0.5, 0.6) is 0 Å². The van der Waals surface area contributed by atoms with Crippen LogP contribution < -0.4 is 0 Å². The molecule has 0 aliphatic heterocycles. The molecule has 0 spiro atoms. The minimum Gasteiger partial charge on any atom is -0.0622 e. The lowest BCUT2D eigenvalue weighted by Crippen LogP contribution is -1.84. The smallest absolute Gasteiger partial charge is 0.0178 e. The Morgan fingerprint density at radius 3 is 1.18 bits per heavy atom. The summed E-state index contributed by atoms with van der Waals surface area (Å²) < 4.78 is 0. The van der Waals surface area contributed by atoms with Gasteiger partial charge in [-0.25, -0.2) is 0 Å². The minimum atomic E-state index is 1.23. The van der Waals surface area contributed by atoms with Crippen molar-refractivity contribution in [3.05, 3.63) is 146 Å². The van der Waals surface area contributed by atoms with E-state index in [2.05, 4.69) is 146 Å². The zero-order valence-electron chi connectivity index (χ0n) is 18.9. The number of hydrogen-bond acceptors (Lipinski definition) is 0. The van der Waals surface area contributed by atoms with Crippen LogP contribution >= 0.6 is 0 Å². The maximum absolute atomic E-state index is 2.28.